The first-order valence-electron chi connectivity index (χ1n) is 6.52. The molecule has 3 aromatic rings. The number of ether oxygens (including phenoxy) is 1. The largest absolute Gasteiger partial charge is 0.497 e. The number of nitriles is 1. The summed E-state index contributed by atoms with van der Waals surface area (Å²) in [6.07, 6.45) is 1.82. The SMILES string of the molecule is COc1ccc(/C=C(\C#N)c2nc3cc(Cl)ccc3s2)cc1. The Hall–Kier alpha value is -2.35. The van der Waals surface area contributed by atoms with Crippen LogP contribution in [-0.2, 0) is 0 Å². The van der Waals surface area contributed by atoms with Crippen LogP contribution in [0, 0.1) is 11.3 Å². The molecule has 0 saturated carbocycles. The van der Waals surface area contributed by atoms with Crippen LogP contribution in [0.2, 0.25) is 5.02 Å². The highest BCUT2D eigenvalue weighted by Crippen LogP contribution is 2.30. The first-order valence-corrected chi connectivity index (χ1v) is 7.71. The molecule has 0 aliphatic carbocycles. The Morgan fingerprint density at radius 3 is 2.73 bits per heavy atom. The molecule has 0 spiro atoms. The molecule has 3 rings (SSSR count). The van der Waals surface area contributed by atoms with Crippen molar-refractivity contribution in [1.29, 1.82) is 5.26 Å². The predicted octanol–water partition coefficient (Wildman–Crippen LogP) is 5.02. The van der Waals surface area contributed by atoms with Crippen LogP contribution < -0.4 is 4.74 Å². The van der Waals surface area contributed by atoms with Crippen LogP contribution in [-0.4, -0.2) is 12.1 Å². The van der Waals surface area contributed by atoms with E-state index in [0.29, 0.717) is 15.6 Å². The maximum atomic E-state index is 9.42. The number of rotatable bonds is 3. The molecule has 3 nitrogen and oxygen atoms in total. The zero-order chi connectivity index (χ0) is 15.5. The lowest BCUT2D eigenvalue weighted by atomic mass is 10.1. The lowest BCUT2D eigenvalue weighted by molar-refractivity contribution is 0.415. The van der Waals surface area contributed by atoms with Crippen molar-refractivity contribution >= 4 is 44.8 Å². The summed E-state index contributed by atoms with van der Waals surface area (Å²) in [5.41, 5.74) is 2.26. The number of thiazole rings is 1. The number of benzene rings is 2. The van der Waals surface area contributed by atoms with Crippen LogP contribution >= 0.6 is 22.9 Å². The monoisotopic (exact) mass is 326 g/mol. The second kappa shape index (κ2) is 6.18. The Balaban J connectivity index is 2.01. The number of hydrogen-bond acceptors (Lipinski definition) is 4. The van der Waals surface area contributed by atoms with Crippen molar-refractivity contribution in [3.63, 3.8) is 0 Å². The van der Waals surface area contributed by atoms with Crippen molar-refractivity contribution in [1.82, 2.24) is 4.98 Å². The highest BCUT2D eigenvalue weighted by Gasteiger charge is 2.09. The van der Waals surface area contributed by atoms with E-state index in [9.17, 15) is 5.26 Å². The van der Waals surface area contributed by atoms with E-state index in [1.807, 2.05) is 42.5 Å². The fourth-order valence-corrected chi connectivity index (χ4v) is 3.10. The molecular formula is C17H11ClN2OS. The van der Waals surface area contributed by atoms with Gasteiger partial charge in [0, 0.05) is 5.02 Å². The minimum atomic E-state index is 0.530. The van der Waals surface area contributed by atoms with E-state index in [1.165, 1.54) is 11.3 Å². The van der Waals surface area contributed by atoms with Crippen LogP contribution in [0.1, 0.15) is 10.6 Å². The molecule has 0 bridgehead atoms. The van der Waals surface area contributed by atoms with Gasteiger partial charge in [0.25, 0.3) is 0 Å². The van der Waals surface area contributed by atoms with Gasteiger partial charge in [-0.1, -0.05) is 23.7 Å². The Labute approximate surface area is 137 Å². The Kier molecular flexibility index (Phi) is 4.10. The molecule has 0 unspecified atom stereocenters. The number of nitrogens with zero attached hydrogens (tertiary/aromatic N) is 2. The van der Waals surface area contributed by atoms with Gasteiger partial charge in [-0.25, -0.2) is 4.98 Å². The molecule has 0 atom stereocenters. The summed E-state index contributed by atoms with van der Waals surface area (Å²) < 4.78 is 6.14. The third-order valence-electron chi connectivity index (χ3n) is 3.13. The molecule has 0 radical (unpaired) electrons. The number of fused-ring (bicyclic) bond motifs is 1. The summed E-state index contributed by atoms with van der Waals surface area (Å²) in [4.78, 5) is 4.49. The van der Waals surface area contributed by atoms with Crippen molar-refractivity contribution in [3.05, 3.63) is 58.1 Å². The normalized spacial score (nSPS) is 11.4. The number of halogens is 1. The van der Waals surface area contributed by atoms with Gasteiger partial charge in [-0.15, -0.1) is 11.3 Å². The zero-order valence-electron chi connectivity index (χ0n) is 11.7. The maximum absolute atomic E-state index is 9.42. The molecule has 2 aromatic carbocycles. The lowest BCUT2D eigenvalue weighted by Gasteiger charge is -1.99. The molecule has 0 aliphatic heterocycles. The van der Waals surface area contributed by atoms with Crippen molar-refractivity contribution in [2.75, 3.05) is 7.11 Å². The van der Waals surface area contributed by atoms with E-state index in [2.05, 4.69) is 11.1 Å². The number of allylic oxidation sites excluding steroid dienone is 1. The second-order valence-electron chi connectivity index (χ2n) is 4.57. The minimum Gasteiger partial charge on any atom is -0.497 e. The molecule has 0 fully saturated rings. The van der Waals surface area contributed by atoms with Crippen molar-refractivity contribution in [3.8, 4) is 11.8 Å². The molecule has 108 valence electrons. The first kappa shape index (κ1) is 14.6. The smallest absolute Gasteiger partial charge is 0.135 e. The van der Waals surface area contributed by atoms with Crippen LogP contribution in [0.5, 0.6) is 5.75 Å². The molecule has 0 aliphatic rings. The molecule has 1 heterocycles. The first-order chi connectivity index (χ1) is 10.7. The van der Waals surface area contributed by atoms with Crippen molar-refractivity contribution < 1.29 is 4.74 Å². The van der Waals surface area contributed by atoms with Gasteiger partial charge in [-0.05, 0) is 42.0 Å². The molecule has 1 aromatic heterocycles. The average molecular weight is 327 g/mol. The zero-order valence-corrected chi connectivity index (χ0v) is 13.3. The molecule has 22 heavy (non-hydrogen) atoms. The number of aromatic nitrogens is 1. The summed E-state index contributed by atoms with van der Waals surface area (Å²) in [7, 11) is 1.62. The van der Waals surface area contributed by atoms with Gasteiger partial charge in [0.1, 0.15) is 16.8 Å². The predicted molar refractivity (Wildman–Crippen MR) is 91.1 cm³/mol. The summed E-state index contributed by atoms with van der Waals surface area (Å²) in [5, 5.41) is 10.7. The van der Waals surface area contributed by atoms with Crippen LogP contribution in [0.3, 0.4) is 0 Å². The molecular weight excluding hydrogens is 316 g/mol. The third-order valence-corrected chi connectivity index (χ3v) is 4.43. The summed E-state index contributed by atoms with van der Waals surface area (Å²) >= 11 is 7.45. The van der Waals surface area contributed by atoms with Gasteiger partial charge in [0.2, 0.25) is 0 Å². The maximum Gasteiger partial charge on any atom is 0.135 e. The van der Waals surface area contributed by atoms with Crippen molar-refractivity contribution in [2.24, 2.45) is 0 Å². The van der Waals surface area contributed by atoms with Crippen LogP contribution in [0.4, 0.5) is 0 Å². The van der Waals surface area contributed by atoms with E-state index in [4.69, 9.17) is 16.3 Å². The van der Waals surface area contributed by atoms with Gasteiger partial charge >= 0.3 is 0 Å². The Morgan fingerprint density at radius 2 is 2.05 bits per heavy atom. The highest BCUT2D eigenvalue weighted by molar-refractivity contribution is 7.19. The number of methoxy groups -OCH3 is 1. The molecule has 0 saturated heterocycles. The van der Waals surface area contributed by atoms with E-state index < -0.39 is 0 Å². The molecule has 0 amide bonds. The van der Waals surface area contributed by atoms with Gasteiger partial charge in [0.15, 0.2) is 0 Å². The highest BCUT2D eigenvalue weighted by atomic mass is 35.5. The fraction of sp³-hybridized carbons (Fsp3) is 0.0588. The molecule has 5 heteroatoms. The molecule has 0 N–H and O–H groups in total. The van der Waals surface area contributed by atoms with Crippen LogP contribution in [0.25, 0.3) is 21.9 Å². The summed E-state index contributed by atoms with van der Waals surface area (Å²) in [6, 6.07) is 15.3. The quantitative estimate of drug-likeness (QED) is 0.635. The minimum absolute atomic E-state index is 0.530. The topological polar surface area (TPSA) is 45.9 Å². The van der Waals surface area contributed by atoms with Gasteiger partial charge < -0.3 is 4.74 Å². The Morgan fingerprint density at radius 1 is 1.27 bits per heavy atom. The standard InChI is InChI=1S/C17H11ClN2OS/c1-21-14-5-2-11(3-6-14)8-12(10-19)17-20-15-9-13(18)4-7-16(15)22-17/h2-9H,1H3/b12-8+. The fourth-order valence-electron chi connectivity index (χ4n) is 2.02. The van der Waals surface area contributed by atoms with Crippen LogP contribution in [0.15, 0.2) is 42.5 Å². The van der Waals surface area contributed by atoms with E-state index >= 15 is 0 Å². The van der Waals surface area contributed by atoms with E-state index in [-0.39, 0.29) is 0 Å². The second-order valence-corrected chi connectivity index (χ2v) is 6.04. The summed E-state index contributed by atoms with van der Waals surface area (Å²) in [6.45, 7) is 0. The van der Waals surface area contributed by atoms with Gasteiger partial charge in [-0.2, -0.15) is 5.26 Å². The summed E-state index contributed by atoms with van der Waals surface area (Å²) in [5.74, 6) is 0.783. The van der Waals surface area contributed by atoms with E-state index in [0.717, 1.165) is 21.5 Å². The van der Waals surface area contributed by atoms with Gasteiger partial charge in [-0.3, -0.25) is 0 Å². The van der Waals surface area contributed by atoms with Crippen molar-refractivity contribution in [2.45, 2.75) is 0 Å². The van der Waals surface area contributed by atoms with Gasteiger partial charge in [0.05, 0.1) is 22.9 Å². The average Bonchev–Trinajstić information content (AvgIpc) is 2.96. The lowest BCUT2D eigenvalue weighted by Crippen LogP contribution is -1.83. The third kappa shape index (κ3) is 2.96. The number of hydrogen-bond donors (Lipinski definition) is 0. The Bertz CT molecular complexity index is 891. The van der Waals surface area contributed by atoms with E-state index in [1.54, 1.807) is 13.2 Å².